The summed E-state index contributed by atoms with van der Waals surface area (Å²) in [6.45, 7) is 0.523. The molecule has 0 unspecified atom stereocenters. The predicted molar refractivity (Wildman–Crippen MR) is 151 cm³/mol. The number of anilines is 1. The summed E-state index contributed by atoms with van der Waals surface area (Å²) < 4.78 is 30.2. The van der Waals surface area contributed by atoms with Gasteiger partial charge in [-0.3, -0.25) is 24.1 Å². The van der Waals surface area contributed by atoms with Crippen molar-refractivity contribution >= 4 is 57.5 Å². The molecule has 1 aliphatic carbocycles. The number of aromatic carboxylic acids is 1. The van der Waals surface area contributed by atoms with Gasteiger partial charge in [0.1, 0.15) is 23.7 Å². The monoisotopic (exact) mass is 594 g/mol. The second-order valence-corrected chi connectivity index (χ2v) is 11.3. The SMILES string of the molecule is O=C(O)c1cn(C2CC2)c2cc(N3CCN(C(=O)CN4C(=O)S/C(=C/c5ccc(F)cc5)C4=O)CC3)c(F)cc2c1=O. The molecule has 6 rings (SSSR count). The van der Waals surface area contributed by atoms with Gasteiger partial charge in [0.15, 0.2) is 0 Å². The zero-order chi connectivity index (χ0) is 29.7. The lowest BCUT2D eigenvalue weighted by Gasteiger charge is -2.36. The number of benzene rings is 2. The summed E-state index contributed by atoms with van der Waals surface area (Å²) >= 11 is 0.708. The fourth-order valence-electron chi connectivity index (χ4n) is 5.19. The van der Waals surface area contributed by atoms with Gasteiger partial charge in [0.05, 0.1) is 16.1 Å². The Balaban J connectivity index is 1.15. The molecule has 10 nitrogen and oxygen atoms in total. The van der Waals surface area contributed by atoms with Crippen LogP contribution >= 0.6 is 11.8 Å². The summed E-state index contributed by atoms with van der Waals surface area (Å²) in [6, 6.07) is 8.11. The standard InChI is InChI=1S/C29H24F2N4O6S/c30-17-3-1-16(2-4-17)11-24-27(38)35(29(41)42-24)15-25(36)33-9-7-32(8-10-33)23-13-22-19(12-21(23)31)26(37)20(28(39)40)14-34(22)18-5-6-18/h1-4,11-14,18H,5-10,15H2,(H,39,40)/b24-11+. The number of carbonyl (C=O) groups excluding carboxylic acids is 3. The topological polar surface area (TPSA) is 120 Å². The number of pyridine rings is 1. The molecular weight excluding hydrogens is 570 g/mol. The van der Waals surface area contributed by atoms with Crippen molar-refractivity contribution in [3.05, 3.63) is 80.5 Å². The predicted octanol–water partition coefficient (Wildman–Crippen LogP) is 3.70. The summed E-state index contributed by atoms with van der Waals surface area (Å²) in [5, 5.41) is 8.87. The minimum atomic E-state index is -1.36. The van der Waals surface area contributed by atoms with E-state index in [-0.39, 0.29) is 48.2 Å². The van der Waals surface area contributed by atoms with E-state index in [9.17, 15) is 33.5 Å². The quantitative estimate of drug-likeness (QED) is 0.429. The number of piperazine rings is 1. The Morgan fingerprint density at radius 3 is 2.33 bits per heavy atom. The molecule has 1 saturated carbocycles. The summed E-state index contributed by atoms with van der Waals surface area (Å²) in [5.41, 5.74) is 0.0933. The fraction of sp³-hybridized carbons (Fsp3) is 0.276. The molecule has 42 heavy (non-hydrogen) atoms. The molecule has 3 heterocycles. The number of amides is 3. The third-order valence-corrected chi connectivity index (χ3v) is 8.49. The molecule has 0 atom stereocenters. The Bertz CT molecular complexity index is 1740. The van der Waals surface area contributed by atoms with Crippen LogP contribution < -0.4 is 10.3 Å². The Labute approximate surface area is 241 Å². The highest BCUT2D eigenvalue weighted by Crippen LogP contribution is 2.38. The first-order chi connectivity index (χ1) is 20.1. The smallest absolute Gasteiger partial charge is 0.341 e. The van der Waals surface area contributed by atoms with Gasteiger partial charge in [-0.05, 0) is 60.5 Å². The molecule has 13 heteroatoms. The molecule has 3 fully saturated rings. The van der Waals surface area contributed by atoms with Gasteiger partial charge in [0.2, 0.25) is 11.3 Å². The van der Waals surface area contributed by atoms with Gasteiger partial charge in [0, 0.05) is 43.8 Å². The minimum absolute atomic E-state index is 0.00234. The molecule has 1 aromatic heterocycles. The van der Waals surface area contributed by atoms with E-state index in [1.807, 2.05) is 0 Å². The van der Waals surface area contributed by atoms with Crippen molar-refractivity contribution in [2.24, 2.45) is 0 Å². The number of imide groups is 1. The van der Waals surface area contributed by atoms with Gasteiger partial charge in [0.25, 0.3) is 11.1 Å². The van der Waals surface area contributed by atoms with Crippen LogP contribution in [0, 0.1) is 11.6 Å². The molecule has 2 aromatic carbocycles. The number of carboxylic acid groups (broad SMARTS) is 1. The van der Waals surface area contributed by atoms with Crippen LogP contribution in [0.3, 0.4) is 0 Å². The highest BCUT2D eigenvalue weighted by Gasteiger charge is 2.37. The molecule has 2 aliphatic heterocycles. The van der Waals surface area contributed by atoms with Crippen molar-refractivity contribution in [1.82, 2.24) is 14.4 Å². The maximum absolute atomic E-state index is 15.3. The van der Waals surface area contributed by atoms with Crippen molar-refractivity contribution in [2.45, 2.75) is 18.9 Å². The second kappa shape index (κ2) is 10.7. The van der Waals surface area contributed by atoms with E-state index < -0.39 is 52.2 Å². The largest absolute Gasteiger partial charge is 0.477 e. The molecule has 2 saturated heterocycles. The summed E-state index contributed by atoms with van der Waals surface area (Å²) in [4.78, 5) is 66.9. The van der Waals surface area contributed by atoms with Crippen molar-refractivity contribution in [3.63, 3.8) is 0 Å². The Kier molecular flexibility index (Phi) is 7.05. The average Bonchev–Trinajstić information content (AvgIpc) is 3.78. The highest BCUT2D eigenvalue weighted by atomic mass is 32.2. The lowest BCUT2D eigenvalue weighted by molar-refractivity contribution is -0.136. The van der Waals surface area contributed by atoms with Gasteiger partial charge >= 0.3 is 5.97 Å². The van der Waals surface area contributed by atoms with E-state index in [1.165, 1.54) is 41.4 Å². The van der Waals surface area contributed by atoms with E-state index in [0.717, 1.165) is 23.8 Å². The van der Waals surface area contributed by atoms with E-state index in [0.29, 0.717) is 22.8 Å². The number of carbonyl (C=O) groups is 4. The number of thioether (sulfide) groups is 1. The van der Waals surface area contributed by atoms with Crippen LogP contribution in [0.4, 0.5) is 19.3 Å². The number of nitrogens with zero attached hydrogens (tertiary/aromatic N) is 4. The normalized spacial score (nSPS) is 18.4. The molecule has 0 radical (unpaired) electrons. The van der Waals surface area contributed by atoms with E-state index in [4.69, 9.17) is 0 Å². The van der Waals surface area contributed by atoms with Crippen LogP contribution in [-0.4, -0.2) is 75.2 Å². The molecule has 0 bridgehead atoms. The lowest BCUT2D eigenvalue weighted by atomic mass is 10.1. The van der Waals surface area contributed by atoms with E-state index >= 15 is 4.39 Å². The summed E-state index contributed by atoms with van der Waals surface area (Å²) in [7, 11) is 0. The zero-order valence-corrected chi connectivity index (χ0v) is 22.9. The van der Waals surface area contributed by atoms with Crippen LogP contribution in [0.1, 0.15) is 34.8 Å². The van der Waals surface area contributed by atoms with Crippen LogP contribution in [0.5, 0.6) is 0 Å². The molecule has 3 amide bonds. The number of hydrogen-bond acceptors (Lipinski definition) is 7. The van der Waals surface area contributed by atoms with E-state index in [1.54, 1.807) is 15.5 Å². The molecule has 0 spiro atoms. The molecule has 1 N–H and O–H groups in total. The average molecular weight is 595 g/mol. The van der Waals surface area contributed by atoms with Crippen LogP contribution in [0.25, 0.3) is 17.0 Å². The number of carboxylic acids is 1. The van der Waals surface area contributed by atoms with Crippen LogP contribution in [-0.2, 0) is 9.59 Å². The van der Waals surface area contributed by atoms with Crippen molar-refractivity contribution in [1.29, 1.82) is 0 Å². The summed E-state index contributed by atoms with van der Waals surface area (Å²) in [5.74, 6) is -3.50. The minimum Gasteiger partial charge on any atom is -0.477 e. The molecular formula is C29H24F2N4O6S. The number of fused-ring (bicyclic) bond motifs is 1. The zero-order valence-electron chi connectivity index (χ0n) is 22.1. The van der Waals surface area contributed by atoms with Gasteiger partial charge in [-0.1, -0.05) is 12.1 Å². The third kappa shape index (κ3) is 5.15. The van der Waals surface area contributed by atoms with Crippen LogP contribution in [0.15, 0.2) is 52.3 Å². The molecule has 3 aliphatic rings. The van der Waals surface area contributed by atoms with Gasteiger partial charge in [-0.15, -0.1) is 0 Å². The molecule has 216 valence electrons. The van der Waals surface area contributed by atoms with Crippen molar-refractivity contribution < 1.29 is 33.1 Å². The Morgan fingerprint density at radius 1 is 1.00 bits per heavy atom. The number of halogens is 2. The van der Waals surface area contributed by atoms with Gasteiger partial charge in [-0.2, -0.15) is 0 Å². The Hall–Kier alpha value is -4.52. The fourth-order valence-corrected chi connectivity index (χ4v) is 6.03. The Morgan fingerprint density at radius 2 is 1.69 bits per heavy atom. The lowest BCUT2D eigenvalue weighted by Crippen LogP contribution is -2.52. The van der Waals surface area contributed by atoms with Crippen LogP contribution in [0.2, 0.25) is 0 Å². The summed E-state index contributed by atoms with van der Waals surface area (Å²) in [6.07, 6.45) is 4.45. The highest BCUT2D eigenvalue weighted by molar-refractivity contribution is 8.18. The first-order valence-electron chi connectivity index (χ1n) is 13.3. The maximum atomic E-state index is 15.3. The van der Waals surface area contributed by atoms with Gasteiger partial charge < -0.3 is 19.5 Å². The second-order valence-electron chi connectivity index (χ2n) is 10.3. The number of aromatic nitrogens is 1. The van der Waals surface area contributed by atoms with Crippen molar-refractivity contribution in [3.8, 4) is 0 Å². The first-order valence-corrected chi connectivity index (χ1v) is 14.1. The first kappa shape index (κ1) is 27.6. The number of hydrogen-bond donors (Lipinski definition) is 1. The van der Waals surface area contributed by atoms with Gasteiger partial charge in [-0.25, -0.2) is 13.6 Å². The number of rotatable bonds is 6. The van der Waals surface area contributed by atoms with E-state index in [2.05, 4.69) is 0 Å². The maximum Gasteiger partial charge on any atom is 0.341 e. The third-order valence-electron chi connectivity index (χ3n) is 7.58. The molecule has 3 aromatic rings. The van der Waals surface area contributed by atoms with Crippen molar-refractivity contribution in [2.75, 3.05) is 37.6 Å².